The summed E-state index contributed by atoms with van der Waals surface area (Å²) in [6, 6.07) is 18.7. The predicted octanol–water partition coefficient (Wildman–Crippen LogP) is 4.26. The number of pyridine rings is 1. The Hall–Kier alpha value is -3.54. The first-order valence-corrected chi connectivity index (χ1v) is 9.13. The van der Waals surface area contributed by atoms with E-state index < -0.39 is 6.17 Å². The van der Waals surface area contributed by atoms with Crippen LogP contribution in [-0.2, 0) is 0 Å². The fourth-order valence-electron chi connectivity index (χ4n) is 3.30. The van der Waals surface area contributed by atoms with Gasteiger partial charge in [0.15, 0.2) is 6.17 Å². The van der Waals surface area contributed by atoms with Crippen molar-refractivity contribution in [1.29, 1.82) is 0 Å². The quantitative estimate of drug-likeness (QED) is 0.697. The molecule has 0 aliphatic carbocycles. The second-order valence-corrected chi connectivity index (χ2v) is 6.31. The molecule has 6 heteroatoms. The zero-order valence-corrected chi connectivity index (χ0v) is 15.8. The minimum absolute atomic E-state index is 0.0864. The van der Waals surface area contributed by atoms with Crippen molar-refractivity contribution in [2.75, 3.05) is 23.9 Å². The third kappa shape index (κ3) is 3.24. The van der Waals surface area contributed by atoms with E-state index in [0.29, 0.717) is 17.9 Å². The summed E-state index contributed by atoms with van der Waals surface area (Å²) >= 11 is 0. The number of amides is 1. The number of ether oxygens (including phenoxy) is 2. The van der Waals surface area contributed by atoms with E-state index in [0.717, 1.165) is 22.9 Å². The van der Waals surface area contributed by atoms with Crippen LogP contribution in [0.5, 0.6) is 11.5 Å². The number of aromatic nitrogens is 1. The van der Waals surface area contributed by atoms with Gasteiger partial charge in [0.05, 0.1) is 25.0 Å². The van der Waals surface area contributed by atoms with Gasteiger partial charge in [-0.25, -0.2) is 0 Å². The monoisotopic (exact) mass is 375 g/mol. The summed E-state index contributed by atoms with van der Waals surface area (Å²) in [5, 5.41) is 3.43. The molecule has 6 nitrogen and oxygen atoms in total. The number of nitrogens with zero attached hydrogens (tertiary/aromatic N) is 2. The van der Waals surface area contributed by atoms with Crippen LogP contribution < -0.4 is 19.7 Å². The summed E-state index contributed by atoms with van der Waals surface area (Å²) in [5.74, 6) is 1.46. The van der Waals surface area contributed by atoms with Gasteiger partial charge in [0, 0.05) is 17.6 Å². The molecule has 142 valence electrons. The number of rotatable bonds is 6. The molecule has 0 bridgehead atoms. The molecule has 1 atom stereocenters. The molecule has 1 aliphatic rings. The van der Waals surface area contributed by atoms with Gasteiger partial charge in [-0.15, -0.1) is 0 Å². The van der Waals surface area contributed by atoms with Crippen LogP contribution in [0.2, 0.25) is 0 Å². The highest BCUT2D eigenvalue weighted by molar-refractivity contribution is 6.11. The summed E-state index contributed by atoms with van der Waals surface area (Å²) in [6.07, 6.45) is 1.30. The number of carbonyl (C=O) groups excluding carboxylic acids is 1. The fraction of sp³-hybridized carbons (Fsp3) is 0.182. The van der Waals surface area contributed by atoms with Gasteiger partial charge in [-0.1, -0.05) is 0 Å². The number of fused-ring (bicyclic) bond motifs is 1. The van der Waals surface area contributed by atoms with E-state index in [4.69, 9.17) is 9.47 Å². The van der Waals surface area contributed by atoms with Crippen LogP contribution >= 0.6 is 0 Å². The molecule has 0 spiro atoms. The van der Waals surface area contributed by atoms with Gasteiger partial charge in [0.2, 0.25) is 0 Å². The highest BCUT2D eigenvalue weighted by atomic mass is 16.5. The summed E-state index contributed by atoms with van der Waals surface area (Å²) < 4.78 is 10.7. The highest BCUT2D eigenvalue weighted by Crippen LogP contribution is 2.37. The van der Waals surface area contributed by atoms with E-state index in [9.17, 15) is 4.79 Å². The number of anilines is 2. The average molecular weight is 375 g/mol. The molecular formula is C22H21N3O3. The molecule has 1 unspecified atom stereocenters. The van der Waals surface area contributed by atoms with Gasteiger partial charge >= 0.3 is 0 Å². The van der Waals surface area contributed by atoms with Crippen LogP contribution in [0, 0.1) is 0 Å². The van der Waals surface area contributed by atoms with Gasteiger partial charge in [-0.2, -0.15) is 0 Å². The standard InChI is InChI=1S/C22H21N3O3/c1-3-28-18-10-6-15(7-11-18)24-21-20-19(5-4-14-23-20)22(26)25(21)16-8-12-17(27-2)13-9-16/h4-14,21,24H,3H2,1-2H3. The van der Waals surface area contributed by atoms with Gasteiger partial charge < -0.3 is 14.8 Å². The van der Waals surface area contributed by atoms with Crippen LogP contribution in [0.15, 0.2) is 66.9 Å². The molecule has 2 aromatic carbocycles. The first-order valence-electron chi connectivity index (χ1n) is 9.13. The lowest BCUT2D eigenvalue weighted by Gasteiger charge is -2.26. The molecule has 2 heterocycles. The van der Waals surface area contributed by atoms with E-state index >= 15 is 0 Å². The summed E-state index contributed by atoms with van der Waals surface area (Å²) in [4.78, 5) is 19.3. The molecule has 0 radical (unpaired) electrons. The fourth-order valence-corrected chi connectivity index (χ4v) is 3.30. The minimum atomic E-state index is -0.407. The van der Waals surface area contributed by atoms with Gasteiger partial charge in [-0.3, -0.25) is 14.7 Å². The van der Waals surface area contributed by atoms with Crippen LogP contribution in [0.1, 0.15) is 29.1 Å². The number of hydrogen-bond acceptors (Lipinski definition) is 5. The molecule has 1 aliphatic heterocycles. The molecule has 0 fully saturated rings. The Morgan fingerprint density at radius 1 is 1.04 bits per heavy atom. The highest BCUT2D eigenvalue weighted by Gasteiger charge is 2.38. The van der Waals surface area contributed by atoms with Gasteiger partial charge in [-0.05, 0) is 67.6 Å². The number of carbonyl (C=O) groups is 1. The number of hydrogen-bond donors (Lipinski definition) is 1. The molecule has 1 amide bonds. The van der Waals surface area contributed by atoms with Crippen molar-refractivity contribution in [3.8, 4) is 11.5 Å². The van der Waals surface area contributed by atoms with Crippen LogP contribution in [0.3, 0.4) is 0 Å². The summed E-state index contributed by atoms with van der Waals surface area (Å²) in [5.41, 5.74) is 2.95. The van der Waals surface area contributed by atoms with Gasteiger partial charge in [0.25, 0.3) is 5.91 Å². The van der Waals surface area contributed by atoms with Gasteiger partial charge in [0.1, 0.15) is 11.5 Å². The third-order valence-corrected chi connectivity index (χ3v) is 4.62. The Bertz CT molecular complexity index is 971. The van der Waals surface area contributed by atoms with E-state index in [1.807, 2.05) is 55.5 Å². The summed E-state index contributed by atoms with van der Waals surface area (Å²) in [7, 11) is 1.62. The van der Waals surface area contributed by atoms with Crippen molar-refractivity contribution >= 4 is 17.3 Å². The number of methoxy groups -OCH3 is 1. The second kappa shape index (κ2) is 7.60. The van der Waals surface area contributed by atoms with Crippen LogP contribution in [0.25, 0.3) is 0 Å². The maximum Gasteiger partial charge on any atom is 0.262 e. The van der Waals surface area contributed by atoms with Crippen molar-refractivity contribution in [2.24, 2.45) is 0 Å². The van der Waals surface area contributed by atoms with Crippen LogP contribution in [0.4, 0.5) is 11.4 Å². The Balaban J connectivity index is 1.68. The Morgan fingerprint density at radius 2 is 1.75 bits per heavy atom. The van der Waals surface area contributed by atoms with Crippen molar-refractivity contribution < 1.29 is 14.3 Å². The molecule has 0 saturated heterocycles. The lowest BCUT2D eigenvalue weighted by Crippen LogP contribution is -2.32. The lowest BCUT2D eigenvalue weighted by atomic mass is 10.2. The topological polar surface area (TPSA) is 63.7 Å². The zero-order chi connectivity index (χ0) is 19.5. The number of nitrogens with one attached hydrogen (secondary N) is 1. The van der Waals surface area contributed by atoms with Crippen molar-refractivity contribution in [2.45, 2.75) is 13.1 Å². The lowest BCUT2D eigenvalue weighted by molar-refractivity contribution is 0.0993. The first-order chi connectivity index (χ1) is 13.7. The maximum absolute atomic E-state index is 13.1. The Labute approximate surface area is 163 Å². The SMILES string of the molecule is CCOc1ccc(NC2c3ncccc3C(=O)N2c2ccc(OC)cc2)cc1. The average Bonchev–Trinajstić information content (AvgIpc) is 3.02. The van der Waals surface area contributed by atoms with Crippen molar-refractivity contribution in [1.82, 2.24) is 4.98 Å². The normalized spacial score (nSPS) is 15.3. The smallest absolute Gasteiger partial charge is 0.262 e. The molecule has 1 aromatic heterocycles. The molecule has 4 rings (SSSR count). The molecule has 1 N–H and O–H groups in total. The predicted molar refractivity (Wildman–Crippen MR) is 108 cm³/mol. The summed E-state index contributed by atoms with van der Waals surface area (Å²) in [6.45, 7) is 2.57. The molecule has 0 saturated carbocycles. The zero-order valence-electron chi connectivity index (χ0n) is 15.8. The van der Waals surface area contributed by atoms with Crippen LogP contribution in [-0.4, -0.2) is 24.6 Å². The second-order valence-electron chi connectivity index (χ2n) is 6.31. The van der Waals surface area contributed by atoms with E-state index in [2.05, 4.69) is 10.3 Å². The van der Waals surface area contributed by atoms with E-state index in [1.165, 1.54) is 0 Å². The Kier molecular flexibility index (Phi) is 4.85. The van der Waals surface area contributed by atoms with E-state index in [1.54, 1.807) is 30.3 Å². The maximum atomic E-state index is 13.1. The van der Waals surface area contributed by atoms with E-state index in [-0.39, 0.29) is 5.91 Å². The molecular weight excluding hydrogens is 354 g/mol. The molecule has 28 heavy (non-hydrogen) atoms. The Morgan fingerprint density at radius 3 is 2.43 bits per heavy atom. The van der Waals surface area contributed by atoms with Crippen molar-refractivity contribution in [3.63, 3.8) is 0 Å². The minimum Gasteiger partial charge on any atom is -0.497 e. The largest absolute Gasteiger partial charge is 0.497 e. The third-order valence-electron chi connectivity index (χ3n) is 4.62. The number of benzene rings is 2. The first kappa shape index (κ1) is 17.9. The van der Waals surface area contributed by atoms with Crippen molar-refractivity contribution in [3.05, 3.63) is 78.1 Å². The molecule has 3 aromatic rings.